The first-order chi connectivity index (χ1) is 22.6. The van der Waals surface area contributed by atoms with E-state index >= 15 is 0 Å². The van der Waals surface area contributed by atoms with Gasteiger partial charge in [0.25, 0.3) is 5.91 Å². The molecule has 4 amide bonds. The van der Waals surface area contributed by atoms with Crippen LogP contribution in [0.2, 0.25) is 0 Å². The van der Waals surface area contributed by atoms with Crippen molar-refractivity contribution in [1.82, 2.24) is 26.3 Å². The molecule has 0 saturated carbocycles. The molecule has 7 atom stereocenters. The Balaban J connectivity index is 1.35. The van der Waals surface area contributed by atoms with E-state index in [1.807, 2.05) is 54.6 Å². The van der Waals surface area contributed by atoms with Gasteiger partial charge in [-0.05, 0) is 56.8 Å². The maximum atomic E-state index is 14.0. The van der Waals surface area contributed by atoms with Gasteiger partial charge in [0.1, 0.15) is 24.2 Å². The Hall–Kier alpha value is -4.30. The first-order valence-corrected chi connectivity index (χ1v) is 16.1. The van der Waals surface area contributed by atoms with Crippen molar-refractivity contribution in [3.63, 3.8) is 0 Å². The summed E-state index contributed by atoms with van der Waals surface area (Å²) in [5.74, 6) is -3.21. The van der Waals surface area contributed by atoms with Gasteiger partial charge < -0.3 is 46.2 Å². The monoisotopic (exact) mass is 646 g/mol. The summed E-state index contributed by atoms with van der Waals surface area (Å²) in [6.07, 6.45) is 0.653. The molecule has 0 aliphatic carbocycles. The van der Waals surface area contributed by atoms with Crippen LogP contribution in [0.15, 0.2) is 60.8 Å². The lowest BCUT2D eigenvalue weighted by molar-refractivity contribution is -0.208. The highest BCUT2D eigenvalue weighted by atomic mass is 16.8. The van der Waals surface area contributed by atoms with Crippen LogP contribution in [-0.4, -0.2) is 83.6 Å². The zero-order chi connectivity index (χ0) is 33.1. The van der Waals surface area contributed by atoms with Gasteiger partial charge in [0, 0.05) is 29.9 Å². The second-order valence-corrected chi connectivity index (χ2v) is 12.8. The van der Waals surface area contributed by atoms with Crippen molar-refractivity contribution in [1.29, 1.82) is 0 Å². The lowest BCUT2D eigenvalue weighted by Gasteiger charge is -2.28. The third-order valence-corrected chi connectivity index (χ3v) is 8.84. The third kappa shape index (κ3) is 7.33. The molecule has 250 valence electrons. The number of ether oxygens (including phenoxy) is 3. The lowest BCUT2D eigenvalue weighted by Crippen LogP contribution is -2.58. The second kappa shape index (κ2) is 13.8. The highest BCUT2D eigenvalue weighted by Gasteiger charge is 2.57. The molecule has 0 radical (unpaired) electrons. The van der Waals surface area contributed by atoms with Crippen LogP contribution in [0.25, 0.3) is 10.9 Å². The Morgan fingerprint density at radius 1 is 0.745 bits per heavy atom. The summed E-state index contributed by atoms with van der Waals surface area (Å²) in [6.45, 7) is 3.86. The molecule has 47 heavy (non-hydrogen) atoms. The Bertz CT molecular complexity index is 1610. The van der Waals surface area contributed by atoms with Crippen LogP contribution in [0.5, 0.6) is 0 Å². The number of unbranched alkanes of at least 4 members (excludes halogenated alkanes) is 1. The van der Waals surface area contributed by atoms with Crippen molar-refractivity contribution in [2.75, 3.05) is 6.54 Å². The molecule has 3 aromatic rings. The van der Waals surface area contributed by atoms with E-state index in [2.05, 4.69) is 26.3 Å². The molecule has 13 nitrogen and oxygen atoms in total. The predicted octanol–water partition coefficient (Wildman–Crippen LogP) is 0.911. The molecular formula is C34H42N6O7. The van der Waals surface area contributed by atoms with Crippen LogP contribution in [0, 0.1) is 0 Å². The molecule has 4 heterocycles. The van der Waals surface area contributed by atoms with Gasteiger partial charge in [-0.15, -0.1) is 0 Å². The summed E-state index contributed by atoms with van der Waals surface area (Å²) in [4.78, 5) is 59.1. The molecule has 1 aromatic heterocycles. The molecule has 7 N–H and O–H groups in total. The SMILES string of the molecule is CC1(C)O[C@H]2O[C@@H]3C(=O)N[C@@H](Cc4ccccc4)C(=O)N[C@@H](Cc4c[nH]c5ccccc45)C(=O)N[C@@H](CCCCN)C(=O)N[C@H]3[C@H]2O1. The molecule has 6 rings (SSSR count). The fourth-order valence-electron chi connectivity index (χ4n) is 6.50. The summed E-state index contributed by atoms with van der Waals surface area (Å²) >= 11 is 0. The number of carbonyl (C=O) groups excluding carboxylic acids is 4. The van der Waals surface area contributed by atoms with Gasteiger partial charge in [-0.1, -0.05) is 48.5 Å². The standard InChI is InChI=1S/C34H42N6O7/c1-34(2)46-28-26-27(45-33(28)47-34)32(44)39-24(16-19-10-4-3-5-11-19)30(42)38-25(17-20-18-36-22-13-7-6-12-21(20)22)31(43)37-23(29(41)40-26)14-8-9-15-35/h3-7,10-13,18,23-28,33,36H,8-9,14-17,35H2,1-2H3,(H,37,43)(H,38,42)(H,39,44)(H,40,41)/t23-,24-,25-,26+,27-,28+,33+/m0/s1. The zero-order valence-corrected chi connectivity index (χ0v) is 26.5. The number of H-pyrrole nitrogens is 1. The predicted molar refractivity (Wildman–Crippen MR) is 171 cm³/mol. The summed E-state index contributed by atoms with van der Waals surface area (Å²) in [7, 11) is 0. The van der Waals surface area contributed by atoms with Crippen LogP contribution >= 0.6 is 0 Å². The van der Waals surface area contributed by atoms with E-state index in [4.69, 9.17) is 19.9 Å². The number of aromatic nitrogens is 1. The molecule has 13 heteroatoms. The minimum Gasteiger partial charge on any atom is -0.361 e. The summed E-state index contributed by atoms with van der Waals surface area (Å²) in [6, 6.07) is 12.9. The topological polar surface area (TPSA) is 186 Å². The summed E-state index contributed by atoms with van der Waals surface area (Å²) in [5, 5.41) is 12.5. The molecule has 0 unspecified atom stereocenters. The number of amides is 4. The molecule has 3 aliphatic heterocycles. The van der Waals surface area contributed by atoms with E-state index in [1.54, 1.807) is 20.0 Å². The van der Waals surface area contributed by atoms with Gasteiger partial charge >= 0.3 is 0 Å². The third-order valence-electron chi connectivity index (χ3n) is 8.84. The van der Waals surface area contributed by atoms with Gasteiger partial charge in [0.15, 0.2) is 18.2 Å². The number of hydrogen-bond donors (Lipinski definition) is 6. The van der Waals surface area contributed by atoms with Gasteiger partial charge in [-0.25, -0.2) is 0 Å². The normalized spacial score (nSPS) is 29.4. The van der Waals surface area contributed by atoms with Gasteiger partial charge in [-0.3, -0.25) is 19.2 Å². The zero-order valence-electron chi connectivity index (χ0n) is 26.5. The number of carbonyl (C=O) groups is 4. The first kappa shape index (κ1) is 32.6. The average molecular weight is 647 g/mol. The molecular weight excluding hydrogens is 604 g/mol. The maximum absolute atomic E-state index is 14.0. The number of benzene rings is 2. The van der Waals surface area contributed by atoms with Crippen molar-refractivity contribution in [2.24, 2.45) is 5.73 Å². The van der Waals surface area contributed by atoms with Crippen LogP contribution < -0.4 is 27.0 Å². The number of aromatic amines is 1. The number of rotatable bonds is 8. The maximum Gasteiger partial charge on any atom is 0.252 e. The summed E-state index contributed by atoms with van der Waals surface area (Å²) < 4.78 is 18.0. The highest BCUT2D eigenvalue weighted by Crippen LogP contribution is 2.37. The van der Waals surface area contributed by atoms with Crippen molar-refractivity contribution in [2.45, 2.75) is 94.4 Å². The fraction of sp³-hybridized carbons (Fsp3) is 0.471. The molecule has 0 spiro atoms. The Morgan fingerprint density at radius 2 is 1.40 bits per heavy atom. The number of nitrogens with two attached hydrogens (primary N) is 1. The molecule has 3 saturated heterocycles. The molecule has 0 bridgehead atoms. The Labute approximate surface area is 272 Å². The van der Waals surface area contributed by atoms with E-state index in [0.29, 0.717) is 25.8 Å². The van der Waals surface area contributed by atoms with Crippen LogP contribution in [0.1, 0.15) is 44.2 Å². The largest absolute Gasteiger partial charge is 0.361 e. The van der Waals surface area contributed by atoms with Crippen molar-refractivity contribution in [3.8, 4) is 0 Å². The summed E-state index contributed by atoms with van der Waals surface area (Å²) in [5.41, 5.74) is 8.23. The second-order valence-electron chi connectivity index (χ2n) is 12.8. The molecule has 3 aliphatic rings. The van der Waals surface area contributed by atoms with E-state index in [-0.39, 0.29) is 12.8 Å². The molecule has 2 aromatic carbocycles. The fourth-order valence-corrected chi connectivity index (χ4v) is 6.50. The van der Waals surface area contributed by atoms with E-state index in [0.717, 1.165) is 22.0 Å². The lowest BCUT2D eigenvalue weighted by atomic mass is 10.0. The van der Waals surface area contributed by atoms with Crippen LogP contribution in [0.4, 0.5) is 0 Å². The Morgan fingerprint density at radius 3 is 2.17 bits per heavy atom. The number of hydrogen-bond acceptors (Lipinski definition) is 8. The van der Waals surface area contributed by atoms with Crippen molar-refractivity contribution in [3.05, 3.63) is 71.9 Å². The average Bonchev–Trinajstić information content (AvgIpc) is 3.70. The number of nitrogens with one attached hydrogen (secondary N) is 5. The number of para-hydroxylation sites is 1. The van der Waals surface area contributed by atoms with Crippen molar-refractivity contribution < 1.29 is 33.4 Å². The minimum atomic E-state index is -1.22. The first-order valence-electron chi connectivity index (χ1n) is 16.1. The number of fused-ring (bicyclic) bond motifs is 4. The molecule has 3 fully saturated rings. The smallest absolute Gasteiger partial charge is 0.252 e. The highest BCUT2D eigenvalue weighted by molar-refractivity contribution is 5.96. The van der Waals surface area contributed by atoms with Gasteiger partial charge in [0.2, 0.25) is 17.7 Å². The van der Waals surface area contributed by atoms with Gasteiger partial charge in [0.05, 0.1) is 6.04 Å². The van der Waals surface area contributed by atoms with Crippen molar-refractivity contribution >= 4 is 34.5 Å². The van der Waals surface area contributed by atoms with Crippen LogP contribution in [-0.2, 0) is 46.2 Å². The quantitative estimate of drug-likeness (QED) is 0.195. The Kier molecular flexibility index (Phi) is 9.60. The van der Waals surface area contributed by atoms with E-state index in [9.17, 15) is 19.2 Å². The minimum absolute atomic E-state index is 0.142. The van der Waals surface area contributed by atoms with Crippen LogP contribution in [0.3, 0.4) is 0 Å². The van der Waals surface area contributed by atoms with E-state index < -0.39 is 72.1 Å². The van der Waals surface area contributed by atoms with Gasteiger partial charge in [-0.2, -0.15) is 0 Å². The van der Waals surface area contributed by atoms with E-state index in [1.165, 1.54) is 0 Å².